The first-order valence-corrected chi connectivity index (χ1v) is 8.83. The van der Waals surface area contributed by atoms with Crippen LogP contribution in [0, 0.1) is 6.92 Å². The lowest BCUT2D eigenvalue weighted by Crippen LogP contribution is -2.14. The molecule has 0 heterocycles. The lowest BCUT2D eigenvalue weighted by Gasteiger charge is -2.13. The van der Waals surface area contributed by atoms with Crippen molar-refractivity contribution in [3.8, 4) is 5.75 Å². The molecular weight excluding hydrogens is 352 g/mol. The van der Waals surface area contributed by atoms with Crippen LogP contribution in [0.25, 0.3) is 0 Å². The smallest absolute Gasteiger partial charge is 0.263 e. The van der Waals surface area contributed by atoms with E-state index in [0.29, 0.717) is 11.4 Å². The van der Waals surface area contributed by atoms with Gasteiger partial charge in [-0.15, -0.1) is 0 Å². The Morgan fingerprint density at radius 3 is 2.46 bits per heavy atom. The monoisotopic (exact) mass is 368 g/mol. The first kappa shape index (κ1) is 18.1. The number of benzene rings is 2. The maximum atomic E-state index is 12.5. The zero-order chi connectivity index (χ0) is 17.9. The molecule has 0 bridgehead atoms. The van der Waals surface area contributed by atoms with Crippen molar-refractivity contribution < 1.29 is 17.9 Å². The Kier molecular flexibility index (Phi) is 5.36. The van der Waals surface area contributed by atoms with Gasteiger partial charge in [0.25, 0.3) is 10.0 Å². The van der Waals surface area contributed by atoms with E-state index in [1.807, 2.05) is 6.92 Å². The van der Waals surface area contributed by atoms with Crippen LogP contribution in [0.5, 0.6) is 5.75 Å². The van der Waals surface area contributed by atoms with Crippen LogP contribution in [0.3, 0.4) is 0 Å². The molecule has 0 fully saturated rings. The quantitative estimate of drug-likeness (QED) is 0.846. The van der Waals surface area contributed by atoms with E-state index in [-0.39, 0.29) is 21.5 Å². The van der Waals surface area contributed by atoms with Gasteiger partial charge in [0.05, 0.1) is 23.5 Å². The number of hydrogen-bond donors (Lipinski definition) is 2. The molecule has 24 heavy (non-hydrogen) atoms. The molecular formula is C16H17ClN2O4S. The van der Waals surface area contributed by atoms with E-state index < -0.39 is 10.0 Å². The molecule has 0 spiro atoms. The molecule has 2 aromatic rings. The van der Waals surface area contributed by atoms with Crippen LogP contribution >= 0.6 is 11.6 Å². The molecule has 2 rings (SSSR count). The standard InChI is InChI=1S/C16H17ClN2O4S/c1-10-4-7-16(13(17)8-10)24(21,22)19-12-5-6-14(18-11(2)20)15(9-12)23-3/h4-9,19H,1-3H3,(H,18,20). The highest BCUT2D eigenvalue weighted by Gasteiger charge is 2.19. The summed E-state index contributed by atoms with van der Waals surface area (Å²) in [5.41, 5.74) is 1.60. The van der Waals surface area contributed by atoms with Gasteiger partial charge < -0.3 is 10.1 Å². The maximum absolute atomic E-state index is 12.5. The highest BCUT2D eigenvalue weighted by atomic mass is 35.5. The molecule has 0 saturated heterocycles. The summed E-state index contributed by atoms with van der Waals surface area (Å²) in [6.45, 7) is 3.19. The molecule has 0 radical (unpaired) electrons. The SMILES string of the molecule is COc1cc(NS(=O)(=O)c2ccc(C)cc2Cl)ccc1NC(C)=O. The van der Waals surface area contributed by atoms with Crippen molar-refractivity contribution in [3.63, 3.8) is 0 Å². The number of carbonyl (C=O) groups excluding carboxylic acids is 1. The summed E-state index contributed by atoms with van der Waals surface area (Å²) in [5, 5.41) is 2.74. The van der Waals surface area contributed by atoms with Gasteiger partial charge in [-0.2, -0.15) is 0 Å². The number of carbonyl (C=O) groups is 1. The van der Waals surface area contributed by atoms with Crippen molar-refractivity contribution in [1.82, 2.24) is 0 Å². The number of nitrogens with one attached hydrogen (secondary N) is 2. The van der Waals surface area contributed by atoms with Gasteiger partial charge in [0, 0.05) is 13.0 Å². The van der Waals surface area contributed by atoms with Gasteiger partial charge in [-0.1, -0.05) is 17.7 Å². The first-order valence-electron chi connectivity index (χ1n) is 6.97. The van der Waals surface area contributed by atoms with E-state index in [1.165, 1.54) is 32.2 Å². The fraction of sp³-hybridized carbons (Fsp3) is 0.188. The molecule has 128 valence electrons. The molecule has 0 saturated carbocycles. The number of halogens is 1. The summed E-state index contributed by atoms with van der Waals surface area (Å²) in [6.07, 6.45) is 0. The van der Waals surface area contributed by atoms with Crippen molar-refractivity contribution in [3.05, 3.63) is 47.0 Å². The molecule has 0 aliphatic rings. The Balaban J connectivity index is 2.34. The zero-order valence-corrected chi connectivity index (χ0v) is 15.0. The van der Waals surface area contributed by atoms with Gasteiger partial charge in [-0.25, -0.2) is 8.42 Å². The predicted molar refractivity (Wildman–Crippen MR) is 94.3 cm³/mol. The van der Waals surface area contributed by atoms with Crippen LogP contribution in [0.15, 0.2) is 41.3 Å². The summed E-state index contributed by atoms with van der Waals surface area (Å²) in [4.78, 5) is 11.1. The Hall–Kier alpha value is -2.25. The third kappa shape index (κ3) is 4.18. The van der Waals surface area contributed by atoms with Gasteiger partial charge in [-0.05, 0) is 36.8 Å². The summed E-state index contributed by atoms with van der Waals surface area (Å²) >= 11 is 6.03. The summed E-state index contributed by atoms with van der Waals surface area (Å²) in [7, 11) is -2.42. The van der Waals surface area contributed by atoms with Crippen LogP contribution in [-0.2, 0) is 14.8 Å². The Labute approximate surface area is 145 Å². The Bertz CT molecular complexity index is 882. The molecule has 1 amide bonds. The van der Waals surface area contributed by atoms with Crippen LogP contribution < -0.4 is 14.8 Å². The second kappa shape index (κ2) is 7.11. The van der Waals surface area contributed by atoms with Gasteiger partial charge in [0.1, 0.15) is 10.6 Å². The third-order valence-electron chi connectivity index (χ3n) is 3.14. The number of amides is 1. The van der Waals surface area contributed by atoms with E-state index in [9.17, 15) is 13.2 Å². The van der Waals surface area contributed by atoms with E-state index in [2.05, 4.69) is 10.0 Å². The zero-order valence-electron chi connectivity index (χ0n) is 13.4. The molecule has 0 aliphatic heterocycles. The molecule has 6 nitrogen and oxygen atoms in total. The molecule has 0 unspecified atom stereocenters. The van der Waals surface area contributed by atoms with E-state index in [0.717, 1.165) is 5.56 Å². The minimum Gasteiger partial charge on any atom is -0.494 e. The minimum absolute atomic E-state index is 0.0142. The number of anilines is 2. The van der Waals surface area contributed by atoms with Crippen molar-refractivity contribution >= 4 is 38.9 Å². The van der Waals surface area contributed by atoms with Gasteiger partial charge >= 0.3 is 0 Å². The lowest BCUT2D eigenvalue weighted by molar-refractivity contribution is -0.114. The largest absolute Gasteiger partial charge is 0.494 e. The van der Waals surface area contributed by atoms with Crippen LogP contribution in [-0.4, -0.2) is 21.4 Å². The Morgan fingerprint density at radius 1 is 1.17 bits per heavy atom. The highest BCUT2D eigenvalue weighted by molar-refractivity contribution is 7.92. The molecule has 2 aromatic carbocycles. The van der Waals surface area contributed by atoms with Crippen molar-refractivity contribution in [2.24, 2.45) is 0 Å². The molecule has 0 aliphatic carbocycles. The molecule has 0 atom stereocenters. The average Bonchev–Trinajstić information content (AvgIpc) is 2.47. The number of ether oxygens (including phenoxy) is 1. The average molecular weight is 369 g/mol. The summed E-state index contributed by atoms with van der Waals surface area (Å²) < 4.78 is 32.6. The van der Waals surface area contributed by atoms with Gasteiger partial charge in [0.2, 0.25) is 5.91 Å². The second-order valence-electron chi connectivity index (χ2n) is 5.14. The number of sulfonamides is 1. The van der Waals surface area contributed by atoms with E-state index >= 15 is 0 Å². The first-order chi connectivity index (χ1) is 11.2. The predicted octanol–water partition coefficient (Wildman–Crippen LogP) is 3.42. The Morgan fingerprint density at radius 2 is 1.88 bits per heavy atom. The number of methoxy groups -OCH3 is 1. The van der Waals surface area contributed by atoms with Crippen LogP contribution in [0.1, 0.15) is 12.5 Å². The topological polar surface area (TPSA) is 84.5 Å². The normalized spacial score (nSPS) is 11.0. The molecule has 0 aromatic heterocycles. The lowest BCUT2D eigenvalue weighted by atomic mass is 10.2. The van der Waals surface area contributed by atoms with Crippen LogP contribution in [0.2, 0.25) is 5.02 Å². The highest BCUT2D eigenvalue weighted by Crippen LogP contribution is 2.30. The number of rotatable bonds is 5. The van der Waals surface area contributed by atoms with E-state index in [4.69, 9.17) is 16.3 Å². The minimum atomic E-state index is -3.85. The fourth-order valence-corrected chi connectivity index (χ4v) is 3.73. The second-order valence-corrected chi connectivity index (χ2v) is 7.19. The number of hydrogen-bond acceptors (Lipinski definition) is 4. The fourth-order valence-electron chi connectivity index (χ4n) is 2.08. The van der Waals surface area contributed by atoms with Crippen molar-refractivity contribution in [1.29, 1.82) is 0 Å². The summed E-state index contributed by atoms with van der Waals surface area (Å²) in [5.74, 6) is 0.0773. The van der Waals surface area contributed by atoms with Gasteiger partial charge in [-0.3, -0.25) is 9.52 Å². The number of aryl methyl sites for hydroxylation is 1. The van der Waals surface area contributed by atoms with Crippen LogP contribution in [0.4, 0.5) is 11.4 Å². The summed E-state index contributed by atoms with van der Waals surface area (Å²) in [6, 6.07) is 9.24. The van der Waals surface area contributed by atoms with Crippen molar-refractivity contribution in [2.45, 2.75) is 18.7 Å². The van der Waals surface area contributed by atoms with Gasteiger partial charge in [0.15, 0.2) is 0 Å². The van der Waals surface area contributed by atoms with E-state index in [1.54, 1.807) is 18.2 Å². The van der Waals surface area contributed by atoms with Crippen molar-refractivity contribution in [2.75, 3.05) is 17.1 Å². The molecule has 2 N–H and O–H groups in total. The molecule has 8 heteroatoms. The third-order valence-corrected chi connectivity index (χ3v) is 5.01. The maximum Gasteiger partial charge on any atom is 0.263 e.